The van der Waals surface area contributed by atoms with Crippen molar-refractivity contribution < 1.29 is 18.7 Å². The summed E-state index contributed by atoms with van der Waals surface area (Å²) in [6.07, 6.45) is 1.43. The Bertz CT molecular complexity index is 1090. The Morgan fingerprint density at radius 2 is 2.14 bits per heavy atom. The Morgan fingerprint density at radius 3 is 2.79 bits per heavy atom. The zero-order chi connectivity index (χ0) is 21.1. The summed E-state index contributed by atoms with van der Waals surface area (Å²) in [5, 5.41) is 7.69. The van der Waals surface area contributed by atoms with Gasteiger partial charge in [-0.2, -0.15) is 0 Å². The fourth-order valence-electron chi connectivity index (χ4n) is 4.07. The van der Waals surface area contributed by atoms with Crippen LogP contribution in [0.5, 0.6) is 5.88 Å². The molecule has 0 saturated carbocycles. The summed E-state index contributed by atoms with van der Waals surface area (Å²) in [6, 6.07) is 4.69. The lowest BCUT2D eigenvalue weighted by atomic mass is 9.68. The van der Waals surface area contributed by atoms with Gasteiger partial charge in [-0.15, -0.1) is 5.10 Å². The minimum Gasteiger partial charge on any atom is -0.406 e. The number of esters is 1. The topological polar surface area (TPSA) is 73.2 Å². The molecule has 1 aromatic heterocycles. The van der Waals surface area contributed by atoms with Crippen molar-refractivity contribution in [3.05, 3.63) is 50.9 Å². The van der Waals surface area contributed by atoms with E-state index in [-0.39, 0.29) is 17.5 Å². The molecule has 1 aromatic carbocycles. The summed E-state index contributed by atoms with van der Waals surface area (Å²) < 4.78 is 21.2. The SMILES string of the molecule is CC(=O)Oc1nn(C)c2c1C(c1ccc(F)c(Br)c1)C1=C(CCC(C)(C)C1=O)N2. The molecular formula is C21H21BrFN3O3. The van der Waals surface area contributed by atoms with E-state index < -0.39 is 17.3 Å². The number of Topliss-reactive ketones (excluding diaryl/α,β-unsaturated/α-hetero) is 1. The largest absolute Gasteiger partial charge is 0.406 e. The van der Waals surface area contributed by atoms with Crippen LogP contribution in [0.2, 0.25) is 0 Å². The first-order valence-corrected chi connectivity index (χ1v) is 10.1. The number of nitrogens with zero attached hydrogens (tertiary/aromatic N) is 2. The van der Waals surface area contributed by atoms with Gasteiger partial charge in [0.2, 0.25) is 5.88 Å². The highest BCUT2D eigenvalue weighted by atomic mass is 79.9. The molecular weight excluding hydrogens is 441 g/mol. The van der Waals surface area contributed by atoms with Gasteiger partial charge < -0.3 is 10.1 Å². The van der Waals surface area contributed by atoms with Crippen LogP contribution in [0.3, 0.4) is 0 Å². The van der Waals surface area contributed by atoms with Gasteiger partial charge in [-0.25, -0.2) is 9.07 Å². The van der Waals surface area contributed by atoms with Gasteiger partial charge in [-0.05, 0) is 46.5 Å². The van der Waals surface area contributed by atoms with Crippen molar-refractivity contribution in [2.45, 2.75) is 39.5 Å². The molecule has 2 aromatic rings. The number of hydrogen-bond donors (Lipinski definition) is 1. The number of carbonyl (C=O) groups excluding carboxylic acids is 2. The van der Waals surface area contributed by atoms with Crippen molar-refractivity contribution in [1.82, 2.24) is 9.78 Å². The smallest absolute Gasteiger partial charge is 0.309 e. The molecule has 2 aliphatic rings. The maximum absolute atomic E-state index is 13.9. The van der Waals surface area contributed by atoms with Crippen LogP contribution in [0, 0.1) is 11.2 Å². The number of nitrogens with one attached hydrogen (secondary N) is 1. The zero-order valence-corrected chi connectivity index (χ0v) is 18.2. The Labute approximate surface area is 176 Å². The molecule has 1 aliphatic heterocycles. The molecule has 0 radical (unpaired) electrons. The first-order chi connectivity index (χ1) is 13.6. The van der Waals surface area contributed by atoms with Gasteiger partial charge in [-0.1, -0.05) is 19.9 Å². The predicted octanol–water partition coefficient (Wildman–Crippen LogP) is 4.45. The second-order valence-corrected chi connectivity index (χ2v) is 8.98. The number of rotatable bonds is 2. The fraction of sp³-hybridized carbons (Fsp3) is 0.381. The van der Waals surface area contributed by atoms with Crippen molar-refractivity contribution in [2.75, 3.05) is 5.32 Å². The molecule has 152 valence electrons. The van der Waals surface area contributed by atoms with Crippen LogP contribution < -0.4 is 10.1 Å². The number of aromatic nitrogens is 2. The van der Waals surface area contributed by atoms with Crippen molar-refractivity contribution in [1.29, 1.82) is 0 Å². The highest BCUT2D eigenvalue weighted by Gasteiger charge is 2.45. The molecule has 0 spiro atoms. The number of hydrogen-bond acceptors (Lipinski definition) is 5. The van der Waals surface area contributed by atoms with Crippen molar-refractivity contribution in [2.24, 2.45) is 12.5 Å². The minimum atomic E-state index is -0.520. The Kier molecular flexibility index (Phi) is 4.64. The van der Waals surface area contributed by atoms with Gasteiger partial charge in [0.15, 0.2) is 5.78 Å². The quantitative estimate of drug-likeness (QED) is 0.668. The lowest BCUT2D eigenvalue weighted by Crippen LogP contribution is -2.37. The number of benzene rings is 1. The Hall–Kier alpha value is -2.48. The second kappa shape index (κ2) is 6.79. The molecule has 1 N–H and O–H groups in total. The Balaban J connectivity index is 1.99. The number of carbonyl (C=O) groups is 2. The number of allylic oxidation sites excluding steroid dienone is 2. The van der Waals surface area contributed by atoms with Gasteiger partial charge in [0, 0.05) is 36.6 Å². The highest BCUT2D eigenvalue weighted by molar-refractivity contribution is 9.10. The molecule has 2 heterocycles. The lowest BCUT2D eigenvalue weighted by molar-refractivity contribution is -0.132. The normalized spacial score (nSPS) is 20.1. The van der Waals surface area contributed by atoms with Gasteiger partial charge in [-0.3, -0.25) is 9.59 Å². The Morgan fingerprint density at radius 1 is 1.41 bits per heavy atom. The minimum absolute atomic E-state index is 0.0278. The van der Waals surface area contributed by atoms with Gasteiger partial charge in [0.05, 0.1) is 10.0 Å². The molecule has 1 unspecified atom stereocenters. The molecule has 0 fully saturated rings. The summed E-state index contributed by atoms with van der Waals surface area (Å²) in [4.78, 5) is 25.1. The van der Waals surface area contributed by atoms with E-state index >= 15 is 0 Å². The molecule has 6 nitrogen and oxygen atoms in total. The van der Waals surface area contributed by atoms with Gasteiger partial charge in [0.1, 0.15) is 11.6 Å². The van der Waals surface area contributed by atoms with E-state index in [2.05, 4.69) is 26.3 Å². The van der Waals surface area contributed by atoms with Gasteiger partial charge >= 0.3 is 5.97 Å². The number of ether oxygens (including phenoxy) is 1. The van der Waals surface area contributed by atoms with Crippen LogP contribution in [-0.2, 0) is 16.6 Å². The lowest BCUT2D eigenvalue weighted by Gasteiger charge is -2.38. The van der Waals surface area contributed by atoms with E-state index in [4.69, 9.17) is 4.74 Å². The fourth-order valence-corrected chi connectivity index (χ4v) is 4.47. The average Bonchev–Trinajstić information content (AvgIpc) is 2.94. The second-order valence-electron chi connectivity index (χ2n) is 8.12. The van der Waals surface area contributed by atoms with Crippen LogP contribution in [0.4, 0.5) is 10.2 Å². The molecule has 1 aliphatic carbocycles. The molecule has 0 bridgehead atoms. The number of anilines is 1. The van der Waals surface area contributed by atoms with Crippen LogP contribution in [0.25, 0.3) is 0 Å². The summed E-state index contributed by atoms with van der Waals surface area (Å²) in [5.74, 6) is -0.569. The van der Waals surface area contributed by atoms with Crippen LogP contribution in [0.1, 0.15) is 50.7 Å². The summed E-state index contributed by atoms with van der Waals surface area (Å²) in [6.45, 7) is 5.17. The van der Waals surface area contributed by atoms with E-state index in [1.165, 1.54) is 13.0 Å². The highest BCUT2D eigenvalue weighted by Crippen LogP contribution is 2.51. The predicted molar refractivity (Wildman–Crippen MR) is 109 cm³/mol. The van der Waals surface area contributed by atoms with Crippen LogP contribution >= 0.6 is 15.9 Å². The molecule has 4 rings (SSSR count). The zero-order valence-electron chi connectivity index (χ0n) is 16.6. The number of fused-ring (bicyclic) bond motifs is 1. The molecule has 0 amide bonds. The first kappa shape index (κ1) is 19.8. The first-order valence-electron chi connectivity index (χ1n) is 9.35. The van der Waals surface area contributed by atoms with E-state index in [9.17, 15) is 14.0 Å². The third-order valence-electron chi connectivity index (χ3n) is 5.60. The number of aryl methyl sites for hydroxylation is 1. The maximum Gasteiger partial charge on any atom is 0.309 e. The summed E-state index contributed by atoms with van der Waals surface area (Å²) >= 11 is 3.24. The molecule has 8 heteroatoms. The van der Waals surface area contributed by atoms with Crippen molar-refractivity contribution >= 4 is 33.5 Å². The summed E-state index contributed by atoms with van der Waals surface area (Å²) in [7, 11) is 1.75. The molecule has 29 heavy (non-hydrogen) atoms. The monoisotopic (exact) mass is 461 g/mol. The van der Waals surface area contributed by atoms with E-state index in [1.54, 1.807) is 23.9 Å². The van der Waals surface area contributed by atoms with E-state index in [0.29, 0.717) is 27.8 Å². The number of halogens is 2. The third-order valence-corrected chi connectivity index (χ3v) is 6.21. The van der Waals surface area contributed by atoms with Crippen molar-refractivity contribution in [3.63, 3.8) is 0 Å². The van der Waals surface area contributed by atoms with Crippen molar-refractivity contribution in [3.8, 4) is 5.88 Å². The third kappa shape index (κ3) is 3.19. The standard InChI is InChI=1S/C21H21BrFN3O3/c1-10(27)29-20-17-15(11-5-6-13(23)12(22)9-11)16-14(24-19(17)26(4)25-20)7-8-21(2,3)18(16)28/h5-6,9,15,24H,7-8H2,1-4H3. The van der Waals surface area contributed by atoms with Gasteiger partial charge in [0.25, 0.3) is 0 Å². The average molecular weight is 462 g/mol. The van der Waals surface area contributed by atoms with Crippen LogP contribution in [-0.4, -0.2) is 21.5 Å². The maximum atomic E-state index is 13.9. The van der Waals surface area contributed by atoms with E-state index in [1.807, 2.05) is 13.8 Å². The molecule has 0 saturated heterocycles. The molecule has 1 atom stereocenters. The number of ketones is 1. The summed E-state index contributed by atoms with van der Waals surface area (Å²) in [5.41, 5.74) is 2.27. The van der Waals surface area contributed by atoms with Crippen LogP contribution in [0.15, 0.2) is 33.9 Å². The van der Waals surface area contributed by atoms with E-state index in [0.717, 1.165) is 17.7 Å².